The Labute approximate surface area is 119 Å². The second-order valence-corrected chi connectivity index (χ2v) is 4.72. The minimum absolute atomic E-state index is 0.118. The van der Waals surface area contributed by atoms with E-state index >= 15 is 0 Å². The highest BCUT2D eigenvalue weighted by atomic mass is 16.5. The first-order chi connectivity index (χ1) is 9.74. The molecule has 0 saturated heterocycles. The van der Waals surface area contributed by atoms with Crippen LogP contribution >= 0.6 is 0 Å². The monoisotopic (exact) mass is 273 g/mol. The molecule has 0 bridgehead atoms. The van der Waals surface area contributed by atoms with Crippen molar-refractivity contribution in [2.24, 2.45) is 0 Å². The predicted molar refractivity (Wildman–Crippen MR) is 76.3 cm³/mol. The lowest BCUT2D eigenvalue weighted by Gasteiger charge is -2.35. The first kappa shape index (κ1) is 14.6. The average molecular weight is 273 g/mol. The van der Waals surface area contributed by atoms with Crippen LogP contribution in [0.1, 0.15) is 35.7 Å². The lowest BCUT2D eigenvalue weighted by atomic mass is 9.89. The summed E-state index contributed by atoms with van der Waals surface area (Å²) in [5.74, 6) is 5.25. The summed E-state index contributed by atoms with van der Waals surface area (Å²) in [6.45, 7) is 2.47. The van der Waals surface area contributed by atoms with E-state index in [1.54, 1.807) is 12.1 Å². The third-order valence-corrected chi connectivity index (χ3v) is 3.31. The summed E-state index contributed by atoms with van der Waals surface area (Å²) in [6.07, 6.45) is 2.00. The molecule has 0 aliphatic heterocycles. The Balaban J connectivity index is 1.96. The van der Waals surface area contributed by atoms with Crippen LogP contribution in [0.25, 0.3) is 0 Å². The van der Waals surface area contributed by atoms with Gasteiger partial charge in [0.25, 0.3) is 5.91 Å². The highest BCUT2D eigenvalue weighted by Crippen LogP contribution is 2.23. The number of nitrogens with one attached hydrogen (secondary N) is 1. The maximum Gasteiger partial charge on any atom is 0.252 e. The van der Waals surface area contributed by atoms with Crippen molar-refractivity contribution >= 4 is 5.91 Å². The Morgan fingerprint density at radius 1 is 1.45 bits per heavy atom. The van der Waals surface area contributed by atoms with E-state index in [4.69, 9.17) is 9.84 Å². The third-order valence-electron chi connectivity index (χ3n) is 3.31. The van der Waals surface area contributed by atoms with Crippen LogP contribution in [-0.2, 0) is 4.74 Å². The molecule has 1 fully saturated rings. The zero-order chi connectivity index (χ0) is 14.4. The van der Waals surface area contributed by atoms with Gasteiger partial charge in [0.1, 0.15) is 6.61 Å². The molecule has 4 heteroatoms. The summed E-state index contributed by atoms with van der Waals surface area (Å²) in [5.41, 5.74) is 1.19. The summed E-state index contributed by atoms with van der Waals surface area (Å²) in [4.78, 5) is 12.2. The summed E-state index contributed by atoms with van der Waals surface area (Å²) < 4.78 is 5.47. The molecular formula is C16H19NO3. The number of aliphatic hydroxyl groups is 1. The molecule has 2 rings (SSSR count). The number of aliphatic hydroxyl groups excluding tert-OH is 1. The minimum Gasteiger partial charge on any atom is -0.384 e. The number of hydrogen-bond acceptors (Lipinski definition) is 3. The minimum atomic E-state index is -0.214. The summed E-state index contributed by atoms with van der Waals surface area (Å²) in [7, 11) is 0. The molecule has 106 valence electrons. The number of hydrogen-bond donors (Lipinski definition) is 2. The molecule has 0 aromatic heterocycles. The largest absolute Gasteiger partial charge is 0.384 e. The topological polar surface area (TPSA) is 58.6 Å². The van der Waals surface area contributed by atoms with Crippen molar-refractivity contribution in [1.82, 2.24) is 5.32 Å². The van der Waals surface area contributed by atoms with Crippen LogP contribution in [0.4, 0.5) is 0 Å². The zero-order valence-electron chi connectivity index (χ0n) is 11.6. The van der Waals surface area contributed by atoms with Gasteiger partial charge in [-0.25, -0.2) is 0 Å². The van der Waals surface area contributed by atoms with Crippen LogP contribution in [0.2, 0.25) is 0 Å². The van der Waals surface area contributed by atoms with Crippen molar-refractivity contribution in [2.75, 3.05) is 13.2 Å². The molecule has 0 radical (unpaired) electrons. The molecule has 1 aromatic carbocycles. The van der Waals surface area contributed by atoms with Gasteiger partial charge in [-0.1, -0.05) is 24.0 Å². The Hall–Kier alpha value is -1.83. The quantitative estimate of drug-likeness (QED) is 0.814. The number of carbonyl (C=O) groups excluding carboxylic acids is 1. The molecule has 1 saturated carbocycles. The summed E-state index contributed by atoms with van der Waals surface area (Å²) in [5, 5.41) is 11.7. The highest BCUT2D eigenvalue weighted by Gasteiger charge is 2.31. The van der Waals surface area contributed by atoms with Gasteiger partial charge in [-0.05, 0) is 31.9 Å². The zero-order valence-corrected chi connectivity index (χ0v) is 11.6. The maximum absolute atomic E-state index is 12.2. The van der Waals surface area contributed by atoms with Crippen LogP contribution in [0.15, 0.2) is 24.3 Å². The van der Waals surface area contributed by atoms with E-state index in [-0.39, 0.29) is 24.7 Å². The summed E-state index contributed by atoms with van der Waals surface area (Å²) >= 11 is 0. The Bertz CT molecular complexity index is 524. The first-order valence-electron chi connectivity index (χ1n) is 6.85. The van der Waals surface area contributed by atoms with Gasteiger partial charge in [0.2, 0.25) is 0 Å². The second-order valence-electron chi connectivity index (χ2n) is 4.72. The molecule has 2 N–H and O–H groups in total. The number of amides is 1. The summed E-state index contributed by atoms with van der Waals surface area (Å²) in [6, 6.07) is 7.34. The van der Waals surface area contributed by atoms with E-state index in [9.17, 15) is 4.79 Å². The molecule has 20 heavy (non-hydrogen) atoms. The van der Waals surface area contributed by atoms with Crippen molar-refractivity contribution in [3.8, 4) is 11.8 Å². The van der Waals surface area contributed by atoms with Crippen molar-refractivity contribution in [3.05, 3.63) is 35.4 Å². The molecule has 1 aliphatic carbocycles. The van der Waals surface area contributed by atoms with Gasteiger partial charge in [-0.3, -0.25) is 4.79 Å². The normalized spacial score (nSPS) is 20.5. The number of benzene rings is 1. The molecule has 1 aromatic rings. The van der Waals surface area contributed by atoms with Gasteiger partial charge >= 0.3 is 0 Å². The van der Waals surface area contributed by atoms with Gasteiger partial charge in [0.05, 0.1) is 11.7 Å². The smallest absolute Gasteiger partial charge is 0.252 e. The van der Waals surface area contributed by atoms with E-state index < -0.39 is 0 Å². The Kier molecular flexibility index (Phi) is 5.16. The lowest BCUT2D eigenvalue weighted by Crippen LogP contribution is -2.47. The highest BCUT2D eigenvalue weighted by molar-refractivity contribution is 5.97. The Morgan fingerprint density at radius 3 is 2.90 bits per heavy atom. The SMILES string of the molecule is CCOC1CC(NC(=O)c2ccccc2C#CCO)C1. The fraction of sp³-hybridized carbons (Fsp3) is 0.438. The van der Waals surface area contributed by atoms with E-state index in [0.29, 0.717) is 17.7 Å². The fourth-order valence-electron chi connectivity index (χ4n) is 2.24. The lowest BCUT2D eigenvalue weighted by molar-refractivity contribution is -0.00862. The van der Waals surface area contributed by atoms with E-state index in [0.717, 1.165) is 12.8 Å². The number of ether oxygens (including phenoxy) is 1. The van der Waals surface area contributed by atoms with Crippen LogP contribution in [-0.4, -0.2) is 36.4 Å². The first-order valence-corrected chi connectivity index (χ1v) is 6.85. The van der Waals surface area contributed by atoms with Gasteiger partial charge in [0.15, 0.2) is 0 Å². The van der Waals surface area contributed by atoms with Crippen molar-refractivity contribution < 1.29 is 14.6 Å². The van der Waals surface area contributed by atoms with Crippen molar-refractivity contribution in [2.45, 2.75) is 31.9 Å². The maximum atomic E-state index is 12.2. The standard InChI is InChI=1S/C16H19NO3/c1-2-20-14-10-13(11-14)17-16(19)15-8-4-3-6-12(15)7-5-9-18/h3-4,6,8,13-14,18H,2,9-11H2,1H3,(H,17,19). The molecule has 0 unspecified atom stereocenters. The number of rotatable bonds is 4. The van der Waals surface area contributed by atoms with Gasteiger partial charge in [0, 0.05) is 18.2 Å². The van der Waals surface area contributed by atoms with Gasteiger partial charge < -0.3 is 15.2 Å². The van der Waals surface area contributed by atoms with Crippen LogP contribution in [0, 0.1) is 11.8 Å². The molecule has 0 heterocycles. The van der Waals surface area contributed by atoms with E-state index in [1.807, 2.05) is 19.1 Å². The van der Waals surface area contributed by atoms with Crippen molar-refractivity contribution in [3.63, 3.8) is 0 Å². The van der Waals surface area contributed by atoms with E-state index in [1.165, 1.54) is 0 Å². The Morgan fingerprint density at radius 2 is 2.20 bits per heavy atom. The molecule has 1 amide bonds. The van der Waals surface area contributed by atoms with E-state index in [2.05, 4.69) is 17.2 Å². The molecule has 1 aliphatic rings. The number of carbonyl (C=O) groups is 1. The second kappa shape index (κ2) is 7.09. The van der Waals surface area contributed by atoms with Crippen molar-refractivity contribution in [1.29, 1.82) is 0 Å². The molecule has 4 nitrogen and oxygen atoms in total. The third kappa shape index (κ3) is 3.60. The van der Waals surface area contributed by atoms with Crippen LogP contribution < -0.4 is 5.32 Å². The van der Waals surface area contributed by atoms with Gasteiger partial charge in [-0.2, -0.15) is 0 Å². The molecular weight excluding hydrogens is 254 g/mol. The van der Waals surface area contributed by atoms with Crippen LogP contribution in [0.5, 0.6) is 0 Å². The molecule has 0 atom stereocenters. The molecule has 0 spiro atoms. The fourth-order valence-corrected chi connectivity index (χ4v) is 2.24. The van der Waals surface area contributed by atoms with Crippen LogP contribution in [0.3, 0.4) is 0 Å². The average Bonchev–Trinajstić information content (AvgIpc) is 2.43. The van der Waals surface area contributed by atoms with Gasteiger partial charge in [-0.15, -0.1) is 0 Å². The predicted octanol–water partition coefficient (Wildman–Crippen LogP) is 1.33.